The highest BCUT2D eigenvalue weighted by Crippen LogP contribution is 2.42. The number of carbonyl (C=O) groups is 1. The maximum atomic E-state index is 13.7. The Morgan fingerprint density at radius 1 is 1.33 bits per heavy atom. The normalized spacial score (nSPS) is 28.8. The molecule has 2 aliphatic carbocycles. The maximum Gasteiger partial charge on any atom is 0.237 e. The van der Waals surface area contributed by atoms with Crippen LogP contribution in [0.5, 0.6) is 0 Å². The molecule has 0 heterocycles. The summed E-state index contributed by atoms with van der Waals surface area (Å²) in [6, 6.07) is 3.99. The molecule has 21 heavy (non-hydrogen) atoms. The molecule has 2 saturated carbocycles. The zero-order valence-corrected chi connectivity index (χ0v) is 12.4. The third-order valence-electron chi connectivity index (χ3n) is 4.19. The standard InChI is InChI=1S/C15H18F2N2OS/c16-9-1-4-13(12(17)7-9)21-11-5-6-15(8-11,14(18)20)19-10-2-3-10/h1,4,7,10-11,19H,2-3,5-6,8H2,(H2,18,20). The number of benzene rings is 1. The number of hydrogen-bond acceptors (Lipinski definition) is 3. The Kier molecular flexibility index (Phi) is 3.92. The third kappa shape index (κ3) is 3.21. The fourth-order valence-electron chi connectivity index (χ4n) is 2.90. The van der Waals surface area contributed by atoms with Crippen molar-refractivity contribution in [2.75, 3.05) is 0 Å². The van der Waals surface area contributed by atoms with E-state index in [1.807, 2.05) is 0 Å². The first kappa shape index (κ1) is 14.8. The van der Waals surface area contributed by atoms with Crippen molar-refractivity contribution in [1.82, 2.24) is 5.32 Å². The lowest BCUT2D eigenvalue weighted by atomic mass is 9.96. The van der Waals surface area contributed by atoms with Crippen LogP contribution in [0.3, 0.4) is 0 Å². The van der Waals surface area contributed by atoms with Gasteiger partial charge >= 0.3 is 0 Å². The number of hydrogen-bond donors (Lipinski definition) is 2. The average Bonchev–Trinajstić information content (AvgIpc) is 3.12. The molecule has 6 heteroatoms. The van der Waals surface area contributed by atoms with E-state index in [0.29, 0.717) is 23.8 Å². The highest BCUT2D eigenvalue weighted by Gasteiger charge is 2.47. The van der Waals surface area contributed by atoms with Gasteiger partial charge in [0, 0.05) is 22.3 Å². The Bertz CT molecular complexity index is 565. The fraction of sp³-hybridized carbons (Fsp3) is 0.533. The van der Waals surface area contributed by atoms with Gasteiger partial charge in [-0.1, -0.05) is 0 Å². The van der Waals surface area contributed by atoms with E-state index >= 15 is 0 Å². The molecule has 1 aromatic rings. The predicted molar refractivity (Wildman–Crippen MR) is 77.9 cm³/mol. The lowest BCUT2D eigenvalue weighted by Crippen LogP contribution is -2.54. The quantitative estimate of drug-likeness (QED) is 0.878. The van der Waals surface area contributed by atoms with Crippen LogP contribution in [-0.4, -0.2) is 22.7 Å². The van der Waals surface area contributed by atoms with Gasteiger partial charge in [-0.05, 0) is 44.2 Å². The summed E-state index contributed by atoms with van der Waals surface area (Å²) >= 11 is 1.36. The monoisotopic (exact) mass is 312 g/mol. The minimum atomic E-state index is -0.657. The van der Waals surface area contributed by atoms with Crippen molar-refractivity contribution in [2.45, 2.75) is 53.8 Å². The SMILES string of the molecule is NC(=O)C1(NC2CC2)CCC(Sc2ccc(F)cc2F)C1. The van der Waals surface area contributed by atoms with Crippen LogP contribution < -0.4 is 11.1 Å². The first-order valence-corrected chi connectivity index (χ1v) is 8.06. The van der Waals surface area contributed by atoms with E-state index in [-0.39, 0.29) is 11.2 Å². The van der Waals surface area contributed by atoms with Gasteiger partial charge in [-0.15, -0.1) is 11.8 Å². The molecule has 114 valence electrons. The zero-order chi connectivity index (χ0) is 15.0. The summed E-state index contributed by atoms with van der Waals surface area (Å²) in [5.41, 5.74) is 4.92. The molecular formula is C15H18F2N2OS. The topological polar surface area (TPSA) is 55.1 Å². The van der Waals surface area contributed by atoms with Crippen LogP contribution >= 0.6 is 11.8 Å². The summed E-state index contributed by atoms with van der Waals surface area (Å²) in [6.07, 6.45) is 4.24. The summed E-state index contributed by atoms with van der Waals surface area (Å²) in [5, 5.41) is 3.48. The van der Waals surface area contributed by atoms with Gasteiger partial charge in [0.2, 0.25) is 5.91 Å². The van der Waals surface area contributed by atoms with E-state index < -0.39 is 17.2 Å². The van der Waals surface area contributed by atoms with Crippen LogP contribution in [0.2, 0.25) is 0 Å². The van der Waals surface area contributed by atoms with Crippen LogP contribution in [0, 0.1) is 11.6 Å². The summed E-state index contributed by atoms with van der Waals surface area (Å²) in [7, 11) is 0. The predicted octanol–water partition coefficient (Wildman–Crippen LogP) is 2.59. The second-order valence-electron chi connectivity index (χ2n) is 5.92. The third-order valence-corrected chi connectivity index (χ3v) is 5.51. The van der Waals surface area contributed by atoms with Crippen molar-refractivity contribution in [1.29, 1.82) is 0 Å². The summed E-state index contributed by atoms with van der Waals surface area (Å²) in [4.78, 5) is 12.2. The van der Waals surface area contributed by atoms with E-state index in [1.165, 1.54) is 23.9 Å². The molecule has 0 aromatic heterocycles. The second kappa shape index (κ2) is 5.57. The van der Waals surface area contributed by atoms with Gasteiger partial charge in [0.25, 0.3) is 0 Å². The number of halogens is 2. The Morgan fingerprint density at radius 3 is 2.71 bits per heavy atom. The van der Waals surface area contributed by atoms with E-state index in [0.717, 1.165) is 25.3 Å². The van der Waals surface area contributed by atoms with Gasteiger partial charge in [0.1, 0.15) is 11.6 Å². The Labute approximate surface area is 126 Å². The lowest BCUT2D eigenvalue weighted by molar-refractivity contribution is -0.124. The van der Waals surface area contributed by atoms with E-state index in [1.54, 1.807) is 0 Å². The minimum Gasteiger partial charge on any atom is -0.368 e. The summed E-state index contributed by atoms with van der Waals surface area (Å²) < 4.78 is 26.6. The molecule has 0 bridgehead atoms. The van der Waals surface area contributed by atoms with Gasteiger partial charge < -0.3 is 11.1 Å². The van der Waals surface area contributed by atoms with E-state index in [9.17, 15) is 13.6 Å². The lowest BCUT2D eigenvalue weighted by Gasteiger charge is -2.27. The Balaban J connectivity index is 1.69. The van der Waals surface area contributed by atoms with E-state index in [2.05, 4.69) is 5.32 Å². The number of nitrogens with two attached hydrogens (primary N) is 1. The average molecular weight is 312 g/mol. The summed E-state index contributed by atoms with van der Waals surface area (Å²) in [6.45, 7) is 0. The van der Waals surface area contributed by atoms with Gasteiger partial charge in [-0.3, -0.25) is 4.79 Å². The van der Waals surface area contributed by atoms with E-state index in [4.69, 9.17) is 5.73 Å². The highest BCUT2D eigenvalue weighted by molar-refractivity contribution is 8.00. The van der Waals surface area contributed by atoms with Crippen molar-refractivity contribution < 1.29 is 13.6 Å². The minimum absolute atomic E-state index is 0.115. The van der Waals surface area contributed by atoms with Crippen LogP contribution in [0.4, 0.5) is 8.78 Å². The molecule has 0 spiro atoms. The molecule has 3 N–H and O–H groups in total. The number of thioether (sulfide) groups is 1. The first-order valence-electron chi connectivity index (χ1n) is 7.18. The molecule has 3 nitrogen and oxygen atoms in total. The first-order chi connectivity index (χ1) is 9.98. The van der Waals surface area contributed by atoms with Crippen molar-refractivity contribution in [3.63, 3.8) is 0 Å². The highest BCUT2D eigenvalue weighted by atomic mass is 32.2. The smallest absolute Gasteiger partial charge is 0.237 e. The van der Waals surface area contributed by atoms with Gasteiger partial charge in [0.15, 0.2) is 0 Å². The molecule has 0 aliphatic heterocycles. The van der Waals surface area contributed by atoms with Crippen LogP contribution in [0.15, 0.2) is 23.1 Å². The molecule has 2 aliphatic rings. The Hall–Kier alpha value is -1.14. The van der Waals surface area contributed by atoms with Crippen molar-refractivity contribution in [3.05, 3.63) is 29.8 Å². The molecule has 3 rings (SSSR count). The molecule has 0 saturated heterocycles. The van der Waals surface area contributed by atoms with Gasteiger partial charge in [0.05, 0.1) is 5.54 Å². The largest absolute Gasteiger partial charge is 0.368 e. The number of primary amides is 1. The van der Waals surface area contributed by atoms with Crippen LogP contribution in [0.25, 0.3) is 0 Å². The molecular weight excluding hydrogens is 294 g/mol. The molecule has 1 aromatic carbocycles. The molecule has 2 unspecified atom stereocenters. The van der Waals surface area contributed by atoms with Crippen LogP contribution in [0.1, 0.15) is 32.1 Å². The zero-order valence-electron chi connectivity index (χ0n) is 11.6. The Morgan fingerprint density at radius 2 is 2.10 bits per heavy atom. The van der Waals surface area contributed by atoms with Crippen molar-refractivity contribution in [3.8, 4) is 0 Å². The molecule has 1 amide bonds. The van der Waals surface area contributed by atoms with Gasteiger partial charge in [-0.25, -0.2) is 8.78 Å². The molecule has 2 atom stereocenters. The molecule has 0 radical (unpaired) electrons. The number of amides is 1. The summed E-state index contributed by atoms with van der Waals surface area (Å²) in [5.74, 6) is -1.45. The number of nitrogens with one attached hydrogen (secondary N) is 1. The van der Waals surface area contributed by atoms with Gasteiger partial charge in [-0.2, -0.15) is 0 Å². The second-order valence-corrected chi connectivity index (χ2v) is 7.26. The maximum absolute atomic E-state index is 13.7. The van der Waals surface area contributed by atoms with Crippen molar-refractivity contribution in [2.24, 2.45) is 5.73 Å². The van der Waals surface area contributed by atoms with Crippen LogP contribution in [-0.2, 0) is 4.79 Å². The van der Waals surface area contributed by atoms with Crippen molar-refractivity contribution >= 4 is 17.7 Å². The molecule has 2 fully saturated rings. The fourth-order valence-corrected chi connectivity index (χ4v) is 4.18. The number of rotatable bonds is 5. The number of carbonyl (C=O) groups excluding carboxylic acids is 1.